The zero-order chi connectivity index (χ0) is 14.5. The lowest BCUT2D eigenvalue weighted by molar-refractivity contribution is -0.122. The van der Waals surface area contributed by atoms with E-state index in [0.717, 1.165) is 12.1 Å². The van der Waals surface area contributed by atoms with E-state index in [1.807, 2.05) is 13.0 Å². The van der Waals surface area contributed by atoms with Gasteiger partial charge in [-0.25, -0.2) is 4.39 Å². The van der Waals surface area contributed by atoms with E-state index in [-0.39, 0.29) is 23.8 Å². The standard InChI is InChI=1S/C16H23FN2O/c1-11-5-4-8-18-15(11)10-16(20)19-12(2)13-6-3-7-14(17)9-13/h3,6-7,9,11-12,15,18H,4-5,8,10H2,1-2H3,(H,19,20). The fourth-order valence-corrected chi connectivity index (χ4v) is 2.75. The summed E-state index contributed by atoms with van der Waals surface area (Å²) < 4.78 is 13.2. The molecular weight excluding hydrogens is 255 g/mol. The van der Waals surface area contributed by atoms with E-state index in [4.69, 9.17) is 0 Å². The summed E-state index contributed by atoms with van der Waals surface area (Å²) in [7, 11) is 0. The zero-order valence-electron chi connectivity index (χ0n) is 12.2. The Morgan fingerprint density at radius 3 is 3.05 bits per heavy atom. The Morgan fingerprint density at radius 2 is 2.35 bits per heavy atom. The van der Waals surface area contributed by atoms with Gasteiger partial charge in [0.05, 0.1) is 6.04 Å². The van der Waals surface area contributed by atoms with Crippen LogP contribution in [0.1, 0.15) is 44.7 Å². The van der Waals surface area contributed by atoms with Crippen LogP contribution in [0.15, 0.2) is 24.3 Å². The monoisotopic (exact) mass is 278 g/mol. The molecule has 0 aliphatic carbocycles. The van der Waals surface area contributed by atoms with E-state index in [1.54, 1.807) is 6.07 Å². The number of nitrogens with one attached hydrogen (secondary N) is 2. The number of halogens is 1. The molecular formula is C16H23FN2O. The third-order valence-corrected chi connectivity index (χ3v) is 4.06. The number of benzene rings is 1. The molecule has 3 unspecified atom stereocenters. The SMILES string of the molecule is CC(NC(=O)CC1NCCCC1C)c1cccc(F)c1. The van der Waals surface area contributed by atoms with Gasteiger partial charge < -0.3 is 10.6 Å². The minimum Gasteiger partial charge on any atom is -0.350 e. The Morgan fingerprint density at radius 1 is 1.55 bits per heavy atom. The first-order chi connectivity index (χ1) is 9.56. The molecule has 20 heavy (non-hydrogen) atoms. The average molecular weight is 278 g/mol. The molecule has 1 saturated heterocycles. The van der Waals surface area contributed by atoms with Crippen LogP contribution < -0.4 is 10.6 Å². The van der Waals surface area contributed by atoms with Crippen molar-refractivity contribution in [2.45, 2.75) is 45.2 Å². The van der Waals surface area contributed by atoms with Gasteiger partial charge in [-0.05, 0) is 49.9 Å². The number of piperidine rings is 1. The summed E-state index contributed by atoms with van der Waals surface area (Å²) >= 11 is 0. The van der Waals surface area contributed by atoms with Gasteiger partial charge in [-0.1, -0.05) is 19.1 Å². The topological polar surface area (TPSA) is 41.1 Å². The van der Waals surface area contributed by atoms with Crippen LogP contribution in [0.5, 0.6) is 0 Å². The van der Waals surface area contributed by atoms with Crippen molar-refractivity contribution in [3.63, 3.8) is 0 Å². The molecule has 1 aliphatic rings. The van der Waals surface area contributed by atoms with Crippen molar-refractivity contribution in [1.82, 2.24) is 10.6 Å². The van der Waals surface area contributed by atoms with Gasteiger partial charge in [-0.2, -0.15) is 0 Å². The van der Waals surface area contributed by atoms with Gasteiger partial charge in [0.1, 0.15) is 5.82 Å². The predicted octanol–water partition coefficient (Wildman–Crippen LogP) is 2.78. The van der Waals surface area contributed by atoms with Crippen LogP contribution in [0.25, 0.3) is 0 Å². The van der Waals surface area contributed by atoms with E-state index in [9.17, 15) is 9.18 Å². The molecule has 0 aromatic heterocycles. The second-order valence-corrected chi connectivity index (χ2v) is 5.73. The summed E-state index contributed by atoms with van der Waals surface area (Å²) in [5, 5.41) is 6.35. The molecule has 4 heteroatoms. The lowest BCUT2D eigenvalue weighted by Crippen LogP contribution is -2.43. The quantitative estimate of drug-likeness (QED) is 0.889. The minimum atomic E-state index is -0.272. The Labute approximate surface area is 120 Å². The molecule has 1 fully saturated rings. The fraction of sp³-hybridized carbons (Fsp3) is 0.562. The first-order valence-electron chi connectivity index (χ1n) is 7.34. The largest absolute Gasteiger partial charge is 0.350 e. The van der Waals surface area contributed by atoms with Crippen molar-refractivity contribution in [3.8, 4) is 0 Å². The Kier molecular flexibility index (Phi) is 5.12. The number of carbonyl (C=O) groups is 1. The lowest BCUT2D eigenvalue weighted by atomic mass is 9.90. The molecule has 0 bridgehead atoms. The maximum absolute atomic E-state index is 13.2. The fourth-order valence-electron chi connectivity index (χ4n) is 2.75. The molecule has 0 saturated carbocycles. The number of rotatable bonds is 4. The zero-order valence-corrected chi connectivity index (χ0v) is 12.2. The van der Waals surface area contributed by atoms with Crippen molar-refractivity contribution in [2.24, 2.45) is 5.92 Å². The normalized spacial score (nSPS) is 24.1. The minimum absolute atomic E-state index is 0.0213. The van der Waals surface area contributed by atoms with Gasteiger partial charge in [0, 0.05) is 12.5 Å². The van der Waals surface area contributed by atoms with Gasteiger partial charge >= 0.3 is 0 Å². The maximum atomic E-state index is 13.2. The number of amides is 1. The molecule has 1 aromatic rings. The molecule has 0 radical (unpaired) electrons. The maximum Gasteiger partial charge on any atom is 0.222 e. The van der Waals surface area contributed by atoms with Gasteiger partial charge in [-0.3, -0.25) is 4.79 Å². The summed E-state index contributed by atoms with van der Waals surface area (Å²) in [5.41, 5.74) is 0.794. The summed E-state index contributed by atoms with van der Waals surface area (Å²) in [6.07, 6.45) is 2.84. The first kappa shape index (κ1) is 15.0. The molecule has 2 N–H and O–H groups in total. The third kappa shape index (κ3) is 4.04. The van der Waals surface area contributed by atoms with Crippen LogP contribution in [0, 0.1) is 11.7 Å². The highest BCUT2D eigenvalue weighted by atomic mass is 19.1. The Balaban J connectivity index is 1.87. The third-order valence-electron chi connectivity index (χ3n) is 4.06. The summed E-state index contributed by atoms with van der Waals surface area (Å²) in [5.74, 6) is 0.276. The number of hydrogen-bond donors (Lipinski definition) is 2. The molecule has 1 aromatic carbocycles. The number of carbonyl (C=O) groups excluding carboxylic acids is 1. The number of hydrogen-bond acceptors (Lipinski definition) is 2. The Hall–Kier alpha value is -1.42. The summed E-state index contributed by atoms with van der Waals surface area (Å²) in [4.78, 5) is 12.1. The van der Waals surface area contributed by atoms with Crippen LogP contribution in [0.3, 0.4) is 0 Å². The highest BCUT2D eigenvalue weighted by Gasteiger charge is 2.23. The average Bonchev–Trinajstić information content (AvgIpc) is 2.41. The van der Waals surface area contributed by atoms with Gasteiger partial charge in [-0.15, -0.1) is 0 Å². The van der Waals surface area contributed by atoms with E-state index in [2.05, 4.69) is 17.6 Å². The first-order valence-corrected chi connectivity index (χ1v) is 7.34. The summed E-state index contributed by atoms with van der Waals surface area (Å²) in [6, 6.07) is 6.45. The highest BCUT2D eigenvalue weighted by Crippen LogP contribution is 2.19. The highest BCUT2D eigenvalue weighted by molar-refractivity contribution is 5.77. The van der Waals surface area contributed by atoms with Crippen molar-refractivity contribution in [1.29, 1.82) is 0 Å². The van der Waals surface area contributed by atoms with Crippen molar-refractivity contribution < 1.29 is 9.18 Å². The molecule has 1 heterocycles. The molecule has 1 amide bonds. The van der Waals surface area contributed by atoms with Crippen LogP contribution >= 0.6 is 0 Å². The lowest BCUT2D eigenvalue weighted by Gasteiger charge is -2.30. The molecule has 3 nitrogen and oxygen atoms in total. The second-order valence-electron chi connectivity index (χ2n) is 5.73. The summed E-state index contributed by atoms with van der Waals surface area (Å²) in [6.45, 7) is 5.05. The van der Waals surface area contributed by atoms with E-state index in [1.165, 1.54) is 25.0 Å². The van der Waals surface area contributed by atoms with Crippen LogP contribution in [0.2, 0.25) is 0 Å². The molecule has 110 valence electrons. The van der Waals surface area contributed by atoms with Crippen LogP contribution in [-0.4, -0.2) is 18.5 Å². The second kappa shape index (κ2) is 6.84. The Bertz CT molecular complexity index is 464. The molecule has 0 spiro atoms. The van der Waals surface area contributed by atoms with Gasteiger partial charge in [0.25, 0.3) is 0 Å². The van der Waals surface area contributed by atoms with Crippen LogP contribution in [0.4, 0.5) is 4.39 Å². The molecule has 3 atom stereocenters. The van der Waals surface area contributed by atoms with Crippen molar-refractivity contribution in [2.75, 3.05) is 6.54 Å². The molecule has 2 rings (SSSR count). The smallest absolute Gasteiger partial charge is 0.222 e. The predicted molar refractivity (Wildman–Crippen MR) is 77.8 cm³/mol. The van der Waals surface area contributed by atoms with Crippen molar-refractivity contribution >= 4 is 5.91 Å². The molecule has 1 aliphatic heterocycles. The van der Waals surface area contributed by atoms with E-state index in [0.29, 0.717) is 12.3 Å². The van der Waals surface area contributed by atoms with Crippen LogP contribution in [-0.2, 0) is 4.79 Å². The van der Waals surface area contributed by atoms with Gasteiger partial charge in [0.15, 0.2) is 0 Å². The van der Waals surface area contributed by atoms with E-state index < -0.39 is 0 Å². The van der Waals surface area contributed by atoms with Crippen molar-refractivity contribution in [3.05, 3.63) is 35.6 Å². The van der Waals surface area contributed by atoms with E-state index >= 15 is 0 Å². The van der Waals surface area contributed by atoms with Gasteiger partial charge in [0.2, 0.25) is 5.91 Å².